The van der Waals surface area contributed by atoms with Gasteiger partial charge in [-0.15, -0.1) is 0 Å². The van der Waals surface area contributed by atoms with Gasteiger partial charge in [-0.25, -0.2) is 4.39 Å². The standard InChI is InChI=1S/C18H22ClFN4O2/c1-26-13-2-3-16-14(10-13)18(15(19)12-22-16)24-8-6-23(7-9-24)5-4-21-17(25)11-20/h2-3,10,12H,4-9,11H2,1H3,(H,21,25). The van der Waals surface area contributed by atoms with Gasteiger partial charge >= 0.3 is 0 Å². The normalized spacial score (nSPS) is 15.3. The van der Waals surface area contributed by atoms with E-state index in [0.717, 1.165) is 48.5 Å². The summed E-state index contributed by atoms with van der Waals surface area (Å²) in [7, 11) is 1.64. The monoisotopic (exact) mass is 380 g/mol. The van der Waals surface area contributed by atoms with Gasteiger partial charge in [-0.05, 0) is 18.2 Å². The van der Waals surface area contributed by atoms with Crippen LogP contribution in [-0.4, -0.2) is 68.8 Å². The number of amides is 1. The zero-order chi connectivity index (χ0) is 18.5. The van der Waals surface area contributed by atoms with Gasteiger partial charge in [-0.3, -0.25) is 14.7 Å². The van der Waals surface area contributed by atoms with E-state index >= 15 is 0 Å². The third-order valence-electron chi connectivity index (χ3n) is 4.56. The highest BCUT2D eigenvalue weighted by Gasteiger charge is 2.21. The van der Waals surface area contributed by atoms with E-state index in [1.54, 1.807) is 13.3 Å². The molecule has 6 nitrogen and oxygen atoms in total. The zero-order valence-corrected chi connectivity index (χ0v) is 15.4. The summed E-state index contributed by atoms with van der Waals surface area (Å²) in [5.74, 6) is 0.206. The molecule has 1 aromatic heterocycles. The Hall–Kier alpha value is -2.12. The first-order valence-electron chi connectivity index (χ1n) is 8.54. The molecule has 3 rings (SSSR count). The number of fused-ring (bicyclic) bond motifs is 1. The van der Waals surface area contributed by atoms with Gasteiger partial charge in [0.05, 0.1) is 23.3 Å². The third kappa shape index (κ3) is 4.16. The summed E-state index contributed by atoms with van der Waals surface area (Å²) in [4.78, 5) is 19.9. The Labute approximate surface area is 156 Å². The molecule has 1 aromatic carbocycles. The van der Waals surface area contributed by atoms with Crippen molar-refractivity contribution in [3.05, 3.63) is 29.4 Å². The number of halogens is 2. The molecule has 2 aromatic rings. The van der Waals surface area contributed by atoms with E-state index in [4.69, 9.17) is 16.3 Å². The van der Waals surface area contributed by atoms with E-state index in [2.05, 4.69) is 20.1 Å². The molecule has 0 unspecified atom stereocenters. The number of ether oxygens (including phenoxy) is 1. The minimum Gasteiger partial charge on any atom is -0.497 e. The molecule has 1 fully saturated rings. The molecular weight excluding hydrogens is 359 g/mol. The second kappa shape index (κ2) is 8.51. The van der Waals surface area contributed by atoms with Gasteiger partial charge in [-0.2, -0.15) is 0 Å². The smallest absolute Gasteiger partial charge is 0.251 e. The fraction of sp³-hybridized carbons (Fsp3) is 0.444. The van der Waals surface area contributed by atoms with Crippen molar-refractivity contribution < 1.29 is 13.9 Å². The maximum absolute atomic E-state index is 12.2. The lowest BCUT2D eigenvalue weighted by atomic mass is 10.1. The number of methoxy groups -OCH3 is 1. The molecule has 0 aliphatic carbocycles. The van der Waals surface area contributed by atoms with Gasteiger partial charge in [0.25, 0.3) is 5.91 Å². The van der Waals surface area contributed by atoms with Crippen LogP contribution in [0.25, 0.3) is 10.9 Å². The molecule has 1 amide bonds. The molecule has 0 radical (unpaired) electrons. The summed E-state index contributed by atoms with van der Waals surface area (Å²) in [6.45, 7) is 3.51. The molecule has 0 bridgehead atoms. The van der Waals surface area contributed by atoms with Crippen molar-refractivity contribution in [3.63, 3.8) is 0 Å². The first-order valence-corrected chi connectivity index (χ1v) is 8.92. The summed E-state index contributed by atoms with van der Waals surface area (Å²) in [5.41, 5.74) is 1.85. The maximum Gasteiger partial charge on any atom is 0.251 e. The molecule has 1 aliphatic heterocycles. The van der Waals surface area contributed by atoms with Crippen molar-refractivity contribution in [2.75, 3.05) is 58.0 Å². The highest BCUT2D eigenvalue weighted by atomic mass is 35.5. The van der Waals surface area contributed by atoms with Crippen LogP contribution in [0.5, 0.6) is 5.75 Å². The lowest BCUT2D eigenvalue weighted by molar-refractivity contribution is -0.121. The van der Waals surface area contributed by atoms with Crippen molar-refractivity contribution in [2.24, 2.45) is 0 Å². The Balaban J connectivity index is 1.69. The summed E-state index contributed by atoms with van der Waals surface area (Å²) in [6, 6.07) is 5.77. The molecule has 8 heteroatoms. The summed E-state index contributed by atoms with van der Waals surface area (Å²) in [5, 5.41) is 4.15. The number of aromatic nitrogens is 1. The van der Waals surface area contributed by atoms with E-state index in [9.17, 15) is 9.18 Å². The van der Waals surface area contributed by atoms with Crippen LogP contribution in [0.15, 0.2) is 24.4 Å². The number of pyridine rings is 1. The predicted molar refractivity (Wildman–Crippen MR) is 101 cm³/mol. The minimum atomic E-state index is -0.967. The second-order valence-corrected chi connectivity index (χ2v) is 6.56. The fourth-order valence-corrected chi connectivity index (χ4v) is 3.45. The van der Waals surface area contributed by atoms with E-state index in [1.807, 2.05) is 18.2 Å². The molecule has 26 heavy (non-hydrogen) atoms. The molecule has 0 atom stereocenters. The van der Waals surface area contributed by atoms with Crippen molar-refractivity contribution in [1.82, 2.24) is 15.2 Å². The molecule has 2 heterocycles. The number of carbonyl (C=O) groups is 1. The lowest BCUT2D eigenvalue weighted by Gasteiger charge is -2.37. The van der Waals surface area contributed by atoms with Crippen LogP contribution >= 0.6 is 11.6 Å². The van der Waals surface area contributed by atoms with Crippen LogP contribution in [-0.2, 0) is 4.79 Å². The van der Waals surface area contributed by atoms with E-state index in [-0.39, 0.29) is 0 Å². The molecular formula is C18H22ClFN4O2. The van der Waals surface area contributed by atoms with Crippen molar-refractivity contribution in [2.45, 2.75) is 0 Å². The Bertz CT molecular complexity index is 781. The lowest BCUT2D eigenvalue weighted by Crippen LogP contribution is -2.48. The van der Waals surface area contributed by atoms with Crippen LogP contribution in [0.2, 0.25) is 5.02 Å². The Morgan fingerprint density at radius 3 is 2.81 bits per heavy atom. The largest absolute Gasteiger partial charge is 0.497 e. The van der Waals surface area contributed by atoms with Crippen molar-refractivity contribution in [1.29, 1.82) is 0 Å². The molecule has 0 saturated carbocycles. The number of piperazine rings is 1. The summed E-state index contributed by atoms with van der Waals surface area (Å²) in [6.07, 6.45) is 1.69. The minimum absolute atomic E-state index is 0.457. The third-order valence-corrected chi connectivity index (χ3v) is 4.84. The average Bonchev–Trinajstić information content (AvgIpc) is 2.68. The van der Waals surface area contributed by atoms with Gasteiger partial charge < -0.3 is 15.0 Å². The number of benzene rings is 1. The Kier molecular flexibility index (Phi) is 6.11. The Morgan fingerprint density at radius 1 is 1.35 bits per heavy atom. The van der Waals surface area contributed by atoms with Crippen molar-refractivity contribution in [3.8, 4) is 5.75 Å². The number of hydrogen-bond donors (Lipinski definition) is 1. The van der Waals surface area contributed by atoms with Crippen LogP contribution in [0.1, 0.15) is 0 Å². The maximum atomic E-state index is 12.2. The molecule has 1 saturated heterocycles. The molecule has 1 N–H and O–H groups in total. The van der Waals surface area contributed by atoms with Crippen LogP contribution < -0.4 is 15.0 Å². The quantitative estimate of drug-likeness (QED) is 0.831. The number of nitrogens with zero attached hydrogens (tertiary/aromatic N) is 3. The van der Waals surface area contributed by atoms with Gasteiger partial charge in [0.2, 0.25) is 0 Å². The number of alkyl halides is 1. The van der Waals surface area contributed by atoms with E-state index in [1.165, 1.54) is 0 Å². The Morgan fingerprint density at radius 2 is 2.12 bits per heavy atom. The highest BCUT2D eigenvalue weighted by molar-refractivity contribution is 6.34. The highest BCUT2D eigenvalue weighted by Crippen LogP contribution is 2.35. The SMILES string of the molecule is COc1ccc2ncc(Cl)c(N3CCN(CCNC(=O)CF)CC3)c2c1. The molecule has 0 spiro atoms. The van der Waals surface area contributed by atoms with Crippen LogP contribution in [0, 0.1) is 0 Å². The van der Waals surface area contributed by atoms with Crippen LogP contribution in [0.3, 0.4) is 0 Å². The number of carbonyl (C=O) groups excluding carboxylic acids is 1. The van der Waals surface area contributed by atoms with Gasteiger partial charge in [-0.1, -0.05) is 11.6 Å². The van der Waals surface area contributed by atoms with E-state index in [0.29, 0.717) is 18.1 Å². The van der Waals surface area contributed by atoms with Gasteiger partial charge in [0.1, 0.15) is 5.75 Å². The number of rotatable bonds is 6. The molecule has 140 valence electrons. The predicted octanol–water partition coefficient (Wildman–Crippen LogP) is 2.10. The topological polar surface area (TPSA) is 57.7 Å². The van der Waals surface area contributed by atoms with Gasteiger partial charge in [0.15, 0.2) is 6.67 Å². The summed E-state index contributed by atoms with van der Waals surface area (Å²) < 4.78 is 17.5. The van der Waals surface area contributed by atoms with Crippen LogP contribution in [0.4, 0.5) is 10.1 Å². The number of nitrogens with one attached hydrogen (secondary N) is 1. The average molecular weight is 381 g/mol. The van der Waals surface area contributed by atoms with E-state index < -0.39 is 12.6 Å². The fourth-order valence-electron chi connectivity index (χ4n) is 3.18. The van der Waals surface area contributed by atoms with Crippen molar-refractivity contribution >= 4 is 34.1 Å². The first kappa shape index (κ1) is 18.7. The summed E-state index contributed by atoms with van der Waals surface area (Å²) >= 11 is 6.46. The van der Waals surface area contributed by atoms with Gasteiger partial charge in [0, 0.05) is 50.9 Å². The number of anilines is 1. The molecule has 1 aliphatic rings. The second-order valence-electron chi connectivity index (χ2n) is 6.15. The first-order chi connectivity index (χ1) is 12.6. The zero-order valence-electron chi connectivity index (χ0n) is 14.7. The number of hydrogen-bond acceptors (Lipinski definition) is 5.